The first-order valence-electron chi connectivity index (χ1n) is 13.7. The second-order valence-corrected chi connectivity index (χ2v) is 9.90. The summed E-state index contributed by atoms with van der Waals surface area (Å²) >= 11 is 0. The number of anilines is 1. The smallest absolute Gasteiger partial charge is 0.494 e. The van der Waals surface area contributed by atoms with Crippen LogP contribution in [0.25, 0.3) is 16.7 Å². The molecular formula is C32H28F3N5O4. The van der Waals surface area contributed by atoms with E-state index >= 15 is 0 Å². The maximum Gasteiger partial charge on any atom is 0.573 e. The van der Waals surface area contributed by atoms with Crippen LogP contribution >= 0.6 is 0 Å². The third-order valence-electron chi connectivity index (χ3n) is 6.85. The van der Waals surface area contributed by atoms with Gasteiger partial charge in [-0.05, 0) is 72.6 Å². The van der Waals surface area contributed by atoms with Gasteiger partial charge in [-0.25, -0.2) is 9.97 Å². The third-order valence-corrected chi connectivity index (χ3v) is 6.85. The molecule has 0 saturated carbocycles. The number of fused-ring (bicyclic) bond motifs is 1. The number of halogens is 3. The summed E-state index contributed by atoms with van der Waals surface area (Å²) in [5.41, 5.74) is 1.48. The van der Waals surface area contributed by atoms with E-state index in [1.807, 2.05) is 6.92 Å². The molecule has 0 saturated heterocycles. The second-order valence-electron chi connectivity index (χ2n) is 9.90. The number of carbonyl (C=O) groups excluding carboxylic acids is 1. The molecule has 2 aromatic carbocycles. The number of ether oxygens (including phenoxy) is 2. The summed E-state index contributed by atoms with van der Waals surface area (Å²) < 4.78 is 52.8. The molecule has 1 unspecified atom stereocenters. The minimum Gasteiger partial charge on any atom is -0.494 e. The molecule has 1 atom stereocenters. The van der Waals surface area contributed by atoms with Crippen molar-refractivity contribution in [3.63, 3.8) is 0 Å². The van der Waals surface area contributed by atoms with Crippen LogP contribution in [0.1, 0.15) is 49.2 Å². The summed E-state index contributed by atoms with van der Waals surface area (Å²) in [6.45, 7) is 5.22. The molecule has 1 amide bonds. The van der Waals surface area contributed by atoms with E-state index in [1.54, 1.807) is 67.8 Å². The van der Waals surface area contributed by atoms with Crippen LogP contribution in [0.15, 0.2) is 84.0 Å². The third kappa shape index (κ3) is 6.54. The predicted molar refractivity (Wildman–Crippen MR) is 158 cm³/mol. The van der Waals surface area contributed by atoms with Gasteiger partial charge in [0.05, 0.1) is 17.7 Å². The number of benzene rings is 2. The summed E-state index contributed by atoms with van der Waals surface area (Å²) in [6, 6.07) is 15.9. The molecule has 12 heteroatoms. The van der Waals surface area contributed by atoms with Crippen LogP contribution in [0.3, 0.4) is 0 Å². The lowest BCUT2D eigenvalue weighted by atomic mass is 9.89. The van der Waals surface area contributed by atoms with Crippen LogP contribution in [0.4, 0.5) is 18.9 Å². The topological polar surface area (TPSA) is 108 Å². The van der Waals surface area contributed by atoms with E-state index in [2.05, 4.69) is 20.0 Å². The summed E-state index contributed by atoms with van der Waals surface area (Å²) in [4.78, 5) is 39.2. The maximum absolute atomic E-state index is 14.0. The Kier molecular flexibility index (Phi) is 8.61. The zero-order valence-electron chi connectivity index (χ0n) is 24.1. The molecule has 0 fully saturated rings. The molecule has 0 aliphatic rings. The first-order valence-corrected chi connectivity index (χ1v) is 13.7. The molecule has 226 valence electrons. The van der Waals surface area contributed by atoms with Gasteiger partial charge < -0.3 is 14.8 Å². The average Bonchev–Trinajstić information content (AvgIpc) is 2.98. The summed E-state index contributed by atoms with van der Waals surface area (Å²) in [5, 5.41) is 2.95. The number of amides is 1. The minimum absolute atomic E-state index is 0.0827. The number of hydrogen-bond donors (Lipinski definition) is 1. The Morgan fingerprint density at radius 3 is 2.45 bits per heavy atom. The van der Waals surface area contributed by atoms with Crippen LogP contribution in [0.2, 0.25) is 0 Å². The van der Waals surface area contributed by atoms with Crippen molar-refractivity contribution >= 4 is 22.6 Å². The molecule has 9 nitrogen and oxygen atoms in total. The Morgan fingerprint density at radius 1 is 1.05 bits per heavy atom. The van der Waals surface area contributed by atoms with Gasteiger partial charge in [0, 0.05) is 49.1 Å². The number of rotatable bonds is 9. The highest BCUT2D eigenvalue weighted by molar-refractivity contribution is 5.90. The number of hydrogen-bond acceptors (Lipinski definition) is 7. The molecule has 5 rings (SSSR count). The average molecular weight is 604 g/mol. The summed E-state index contributed by atoms with van der Waals surface area (Å²) in [7, 11) is 0. The van der Waals surface area contributed by atoms with Gasteiger partial charge in [-0.1, -0.05) is 13.0 Å². The van der Waals surface area contributed by atoms with E-state index in [9.17, 15) is 22.8 Å². The number of alkyl halides is 3. The molecule has 1 N–H and O–H groups in total. The van der Waals surface area contributed by atoms with Crippen molar-refractivity contribution in [3.8, 4) is 17.2 Å². The second kappa shape index (κ2) is 12.5. The van der Waals surface area contributed by atoms with Gasteiger partial charge in [-0.2, -0.15) is 0 Å². The molecule has 3 aromatic heterocycles. The zero-order chi connectivity index (χ0) is 31.4. The lowest BCUT2D eigenvalue weighted by Crippen LogP contribution is -2.27. The van der Waals surface area contributed by atoms with Crippen molar-refractivity contribution in [1.29, 1.82) is 0 Å². The van der Waals surface area contributed by atoms with Gasteiger partial charge >= 0.3 is 6.36 Å². The fourth-order valence-electron chi connectivity index (χ4n) is 5.10. The van der Waals surface area contributed by atoms with E-state index < -0.39 is 29.5 Å². The normalized spacial score (nSPS) is 12.1. The molecule has 0 aliphatic heterocycles. The predicted octanol–water partition coefficient (Wildman–Crippen LogP) is 6.17. The van der Waals surface area contributed by atoms with Crippen LogP contribution in [-0.4, -0.2) is 38.4 Å². The highest BCUT2D eigenvalue weighted by atomic mass is 19.4. The molecule has 44 heavy (non-hydrogen) atoms. The SMILES string of the molecule is CCOc1ccc(-n2c(C(C)c3c(OC(F)(F)F)ccc(NC(C)=O)c3Cc3cccnc3)nc3ncccc3c2=O)cc1. The number of pyridine rings is 2. The van der Waals surface area contributed by atoms with Crippen molar-refractivity contribution in [2.24, 2.45) is 0 Å². The number of aromatic nitrogens is 4. The first-order chi connectivity index (χ1) is 21.1. The summed E-state index contributed by atoms with van der Waals surface area (Å²) in [5.74, 6) is -1.19. The van der Waals surface area contributed by atoms with Crippen molar-refractivity contribution in [2.45, 2.75) is 39.5 Å². The Morgan fingerprint density at radius 2 is 1.80 bits per heavy atom. The van der Waals surface area contributed by atoms with Crippen molar-refractivity contribution in [3.05, 3.63) is 112 Å². The lowest BCUT2D eigenvalue weighted by Gasteiger charge is -2.25. The van der Waals surface area contributed by atoms with Crippen LogP contribution < -0.4 is 20.3 Å². The fraction of sp³-hybridized carbons (Fsp3) is 0.219. The molecule has 0 radical (unpaired) electrons. The molecular weight excluding hydrogens is 575 g/mol. The molecule has 5 aromatic rings. The Bertz CT molecular complexity index is 1860. The standard InChI is InChI=1S/C32H28F3N5O4/c1-4-43-23-11-9-22(10-12-23)40-30(39-29-24(31(40)42)8-6-16-37-29)19(2)28-25(17-21-7-5-15-36-18-21)26(38-20(3)41)13-14-27(28)44-32(33,34)35/h5-16,18-19H,4,17H2,1-3H3,(H,38,41). The maximum atomic E-state index is 14.0. The van der Waals surface area contributed by atoms with Gasteiger partial charge in [-0.15, -0.1) is 13.2 Å². The van der Waals surface area contributed by atoms with Crippen molar-refractivity contribution in [2.75, 3.05) is 11.9 Å². The highest BCUT2D eigenvalue weighted by Gasteiger charge is 2.35. The van der Waals surface area contributed by atoms with E-state index in [0.717, 1.165) is 6.07 Å². The quantitative estimate of drug-likeness (QED) is 0.215. The minimum atomic E-state index is -5.03. The first kappa shape index (κ1) is 30.2. The van der Waals surface area contributed by atoms with E-state index in [4.69, 9.17) is 9.72 Å². The van der Waals surface area contributed by atoms with Gasteiger partial charge in [0.1, 0.15) is 17.3 Å². The number of nitrogens with one attached hydrogen (secondary N) is 1. The van der Waals surface area contributed by atoms with Gasteiger partial charge in [-0.3, -0.25) is 19.1 Å². The highest BCUT2D eigenvalue weighted by Crippen LogP contribution is 2.41. The Labute approximate surface area is 250 Å². The van der Waals surface area contributed by atoms with Gasteiger partial charge in [0.25, 0.3) is 5.56 Å². The van der Waals surface area contributed by atoms with Crippen LogP contribution in [0, 0.1) is 0 Å². The Balaban J connectivity index is 1.81. The summed E-state index contributed by atoms with van der Waals surface area (Å²) in [6.07, 6.45) is -0.294. The zero-order valence-corrected chi connectivity index (χ0v) is 24.1. The largest absolute Gasteiger partial charge is 0.573 e. The molecule has 0 bridgehead atoms. The van der Waals surface area contributed by atoms with Crippen LogP contribution in [-0.2, 0) is 11.2 Å². The van der Waals surface area contributed by atoms with Crippen molar-refractivity contribution < 1.29 is 27.4 Å². The Hall–Kier alpha value is -5.26. The van der Waals surface area contributed by atoms with E-state index in [0.29, 0.717) is 29.2 Å². The van der Waals surface area contributed by atoms with Gasteiger partial charge in [0.2, 0.25) is 5.91 Å². The molecule has 3 heterocycles. The molecule has 0 spiro atoms. The fourth-order valence-corrected chi connectivity index (χ4v) is 5.10. The van der Waals surface area contributed by atoms with Gasteiger partial charge in [0.15, 0.2) is 5.65 Å². The molecule has 0 aliphatic carbocycles. The monoisotopic (exact) mass is 603 g/mol. The lowest BCUT2D eigenvalue weighted by molar-refractivity contribution is -0.275. The van der Waals surface area contributed by atoms with E-state index in [-0.39, 0.29) is 34.5 Å². The van der Waals surface area contributed by atoms with E-state index in [1.165, 1.54) is 23.8 Å². The van der Waals surface area contributed by atoms with Crippen molar-refractivity contribution in [1.82, 2.24) is 19.5 Å². The number of nitrogens with zero attached hydrogens (tertiary/aromatic N) is 4. The van der Waals surface area contributed by atoms with Crippen LogP contribution in [0.5, 0.6) is 11.5 Å². The number of carbonyl (C=O) groups is 1.